The zero-order valence-corrected chi connectivity index (χ0v) is 15.1. The molecule has 3 rings (SSSR count). The molecule has 0 bridgehead atoms. The number of benzene rings is 1. The van der Waals surface area contributed by atoms with E-state index in [2.05, 4.69) is 0 Å². The number of hydrogen-bond acceptors (Lipinski definition) is 5. The normalized spacial score (nSPS) is 14.7. The van der Waals surface area contributed by atoms with Gasteiger partial charge in [0.25, 0.3) is 5.56 Å². The van der Waals surface area contributed by atoms with Gasteiger partial charge in [0.1, 0.15) is 5.82 Å². The Bertz CT molecular complexity index is 1020. The lowest BCUT2D eigenvalue weighted by molar-refractivity contribution is 0.104. The van der Waals surface area contributed by atoms with Gasteiger partial charge in [0.05, 0.1) is 24.5 Å². The highest BCUT2D eigenvalue weighted by Crippen LogP contribution is 2.22. The summed E-state index contributed by atoms with van der Waals surface area (Å²) in [6.45, 7) is 2.27. The minimum Gasteiger partial charge on any atom is -0.378 e. The molecule has 0 N–H and O–H groups in total. The molecule has 142 valence electrons. The third-order valence-corrected chi connectivity index (χ3v) is 4.47. The predicted molar refractivity (Wildman–Crippen MR) is 99.7 cm³/mol. The molecule has 1 aliphatic heterocycles. The standard InChI is InChI=1S/C19H20FN3O4/c1-21-12-14(18(25)22(2)19(21)26)4-6-17(24)13-3-5-16(15(20)11-13)23-7-9-27-10-8-23/h3-6,11-12H,7-10H2,1-2H3/b6-4+. The lowest BCUT2D eigenvalue weighted by Crippen LogP contribution is -2.37. The summed E-state index contributed by atoms with van der Waals surface area (Å²) in [6, 6.07) is 4.32. The fraction of sp³-hybridized carbons (Fsp3) is 0.316. The molecule has 0 unspecified atom stereocenters. The first kappa shape index (κ1) is 18.8. The van der Waals surface area contributed by atoms with E-state index >= 15 is 0 Å². The van der Waals surface area contributed by atoms with Crippen molar-refractivity contribution in [3.63, 3.8) is 0 Å². The van der Waals surface area contributed by atoms with Gasteiger partial charge >= 0.3 is 5.69 Å². The zero-order chi connectivity index (χ0) is 19.6. The molecule has 1 saturated heterocycles. The van der Waals surface area contributed by atoms with Crippen LogP contribution in [0.1, 0.15) is 15.9 Å². The summed E-state index contributed by atoms with van der Waals surface area (Å²) in [7, 11) is 2.88. The maximum atomic E-state index is 14.4. The van der Waals surface area contributed by atoms with E-state index in [9.17, 15) is 18.8 Å². The van der Waals surface area contributed by atoms with Gasteiger partial charge < -0.3 is 14.2 Å². The van der Waals surface area contributed by atoms with Crippen LogP contribution in [0, 0.1) is 5.82 Å². The monoisotopic (exact) mass is 373 g/mol. The average molecular weight is 373 g/mol. The molecule has 0 radical (unpaired) electrons. The quantitative estimate of drug-likeness (QED) is 0.590. The number of morpholine rings is 1. The SMILES string of the molecule is Cn1cc(/C=C/C(=O)c2ccc(N3CCOCC3)c(F)c2)c(=O)n(C)c1=O. The molecule has 1 fully saturated rings. The van der Waals surface area contributed by atoms with Crippen molar-refractivity contribution in [3.8, 4) is 0 Å². The van der Waals surface area contributed by atoms with Crippen molar-refractivity contribution in [2.24, 2.45) is 14.1 Å². The van der Waals surface area contributed by atoms with Crippen LogP contribution >= 0.6 is 0 Å². The van der Waals surface area contributed by atoms with Crippen LogP contribution in [-0.2, 0) is 18.8 Å². The molecule has 0 spiro atoms. The molecule has 27 heavy (non-hydrogen) atoms. The third kappa shape index (κ3) is 3.90. The first-order valence-corrected chi connectivity index (χ1v) is 8.50. The largest absolute Gasteiger partial charge is 0.378 e. The van der Waals surface area contributed by atoms with Crippen molar-refractivity contribution in [1.82, 2.24) is 9.13 Å². The van der Waals surface area contributed by atoms with Crippen molar-refractivity contribution in [1.29, 1.82) is 0 Å². The van der Waals surface area contributed by atoms with E-state index in [-0.39, 0.29) is 11.1 Å². The summed E-state index contributed by atoms with van der Waals surface area (Å²) >= 11 is 0. The molecule has 2 aromatic rings. The number of ketones is 1. The van der Waals surface area contributed by atoms with Crippen LogP contribution in [0.3, 0.4) is 0 Å². The van der Waals surface area contributed by atoms with Crippen molar-refractivity contribution in [2.45, 2.75) is 0 Å². The van der Waals surface area contributed by atoms with Gasteiger partial charge in [0, 0.05) is 38.9 Å². The van der Waals surface area contributed by atoms with E-state index in [1.54, 1.807) is 12.1 Å². The Labute approximate surface area is 154 Å². The summed E-state index contributed by atoms with van der Waals surface area (Å²) in [5.74, 6) is -0.910. The number of halogens is 1. The van der Waals surface area contributed by atoms with Crippen LogP contribution in [-0.4, -0.2) is 41.2 Å². The van der Waals surface area contributed by atoms with Crippen LogP contribution < -0.4 is 16.1 Å². The highest BCUT2D eigenvalue weighted by Gasteiger charge is 2.16. The highest BCUT2D eigenvalue weighted by atomic mass is 19.1. The number of aryl methyl sites for hydroxylation is 1. The van der Waals surface area contributed by atoms with Gasteiger partial charge in [0.15, 0.2) is 5.78 Å². The number of carbonyl (C=O) groups excluding carboxylic acids is 1. The number of allylic oxidation sites excluding steroid dienone is 1. The summed E-state index contributed by atoms with van der Waals surface area (Å²) < 4.78 is 21.9. The molecule has 1 aromatic heterocycles. The van der Waals surface area contributed by atoms with Crippen LogP contribution in [0.4, 0.5) is 10.1 Å². The Morgan fingerprint density at radius 3 is 2.56 bits per heavy atom. The van der Waals surface area contributed by atoms with Gasteiger partial charge in [-0.1, -0.05) is 0 Å². The molecular weight excluding hydrogens is 353 g/mol. The Morgan fingerprint density at radius 1 is 1.19 bits per heavy atom. The van der Waals surface area contributed by atoms with Crippen LogP contribution in [0.25, 0.3) is 6.08 Å². The van der Waals surface area contributed by atoms with Crippen molar-refractivity contribution < 1.29 is 13.9 Å². The molecule has 0 saturated carbocycles. The molecule has 1 aromatic carbocycles. The highest BCUT2D eigenvalue weighted by molar-refractivity contribution is 6.07. The van der Waals surface area contributed by atoms with Crippen LogP contribution in [0.5, 0.6) is 0 Å². The number of aromatic nitrogens is 2. The Kier molecular flexibility index (Phi) is 5.36. The lowest BCUT2D eigenvalue weighted by atomic mass is 10.1. The van der Waals surface area contributed by atoms with E-state index in [1.807, 2.05) is 4.90 Å². The summed E-state index contributed by atoms with van der Waals surface area (Å²) in [4.78, 5) is 38.0. The Morgan fingerprint density at radius 2 is 1.89 bits per heavy atom. The summed E-state index contributed by atoms with van der Waals surface area (Å²) in [6.07, 6.45) is 3.89. The van der Waals surface area contributed by atoms with Crippen molar-refractivity contribution >= 4 is 17.5 Å². The third-order valence-electron chi connectivity index (χ3n) is 4.47. The maximum Gasteiger partial charge on any atom is 0.330 e. The number of ether oxygens (including phenoxy) is 1. The first-order valence-electron chi connectivity index (χ1n) is 8.50. The number of rotatable bonds is 4. The zero-order valence-electron chi connectivity index (χ0n) is 15.1. The van der Waals surface area contributed by atoms with Gasteiger partial charge in [-0.3, -0.25) is 14.2 Å². The number of carbonyl (C=O) groups is 1. The van der Waals surface area contributed by atoms with E-state index in [1.165, 1.54) is 43.1 Å². The molecular formula is C19H20FN3O4. The fourth-order valence-corrected chi connectivity index (χ4v) is 2.93. The van der Waals surface area contributed by atoms with Crippen molar-refractivity contribution in [2.75, 3.05) is 31.2 Å². The number of anilines is 1. The van der Waals surface area contributed by atoms with Crippen LogP contribution in [0.2, 0.25) is 0 Å². The van der Waals surface area contributed by atoms with E-state index < -0.39 is 22.8 Å². The van der Waals surface area contributed by atoms with E-state index in [0.29, 0.717) is 32.0 Å². The second-order valence-electron chi connectivity index (χ2n) is 6.31. The van der Waals surface area contributed by atoms with Gasteiger partial charge in [-0.15, -0.1) is 0 Å². The minimum absolute atomic E-state index is 0.183. The first-order chi connectivity index (χ1) is 12.9. The minimum atomic E-state index is -0.504. The second-order valence-corrected chi connectivity index (χ2v) is 6.31. The smallest absolute Gasteiger partial charge is 0.330 e. The predicted octanol–water partition coefficient (Wildman–Crippen LogP) is 0.956. The lowest BCUT2D eigenvalue weighted by Gasteiger charge is -2.29. The molecule has 1 aliphatic rings. The topological polar surface area (TPSA) is 73.5 Å². The van der Waals surface area contributed by atoms with E-state index in [0.717, 1.165) is 4.57 Å². The summed E-state index contributed by atoms with van der Waals surface area (Å²) in [5.41, 5.74) is -0.147. The number of hydrogen-bond donors (Lipinski definition) is 0. The van der Waals surface area contributed by atoms with E-state index in [4.69, 9.17) is 4.74 Å². The van der Waals surface area contributed by atoms with Gasteiger partial charge in [-0.2, -0.15) is 0 Å². The molecule has 7 nitrogen and oxygen atoms in total. The van der Waals surface area contributed by atoms with Gasteiger partial charge in [-0.25, -0.2) is 9.18 Å². The molecule has 0 atom stereocenters. The summed E-state index contributed by atoms with van der Waals surface area (Å²) in [5, 5.41) is 0. The van der Waals surface area contributed by atoms with Crippen LogP contribution in [0.15, 0.2) is 40.1 Å². The van der Waals surface area contributed by atoms with Crippen molar-refractivity contribution in [3.05, 3.63) is 68.3 Å². The second kappa shape index (κ2) is 7.71. The number of nitrogens with zero attached hydrogens (tertiary/aromatic N) is 3. The maximum absolute atomic E-state index is 14.4. The Hall–Kier alpha value is -3.00. The van der Waals surface area contributed by atoms with Gasteiger partial charge in [0.2, 0.25) is 0 Å². The molecule has 0 aliphatic carbocycles. The van der Waals surface area contributed by atoms with Gasteiger partial charge in [-0.05, 0) is 30.4 Å². The molecule has 8 heteroatoms. The molecule has 2 heterocycles. The Balaban J connectivity index is 1.82. The molecule has 0 amide bonds. The fourth-order valence-electron chi connectivity index (χ4n) is 2.93. The average Bonchev–Trinajstić information content (AvgIpc) is 2.68.